The van der Waals surface area contributed by atoms with Gasteiger partial charge in [-0.25, -0.2) is 5.01 Å². The number of hydrogen-bond acceptors (Lipinski definition) is 5. The van der Waals surface area contributed by atoms with E-state index in [-0.39, 0.29) is 24.8 Å². The highest BCUT2D eigenvalue weighted by atomic mass is 16.5. The summed E-state index contributed by atoms with van der Waals surface area (Å²) in [6, 6.07) is 15.5. The van der Waals surface area contributed by atoms with Gasteiger partial charge in [0.1, 0.15) is 5.75 Å². The van der Waals surface area contributed by atoms with E-state index in [4.69, 9.17) is 9.84 Å². The fraction of sp³-hybridized carbons (Fsp3) is 0.375. The van der Waals surface area contributed by atoms with E-state index in [2.05, 4.69) is 36.0 Å². The molecule has 0 saturated carbocycles. The molecule has 1 atom stereocenters. The van der Waals surface area contributed by atoms with Crippen LogP contribution in [0.25, 0.3) is 0 Å². The number of hydrazone groups is 1. The first-order valence-corrected chi connectivity index (χ1v) is 10.6. The molecule has 1 heterocycles. The molecule has 1 amide bonds. The molecular weight excluding hydrogens is 394 g/mol. The van der Waals surface area contributed by atoms with E-state index in [1.54, 1.807) is 7.11 Å². The molecule has 2 aromatic carbocycles. The van der Waals surface area contributed by atoms with Crippen molar-refractivity contribution in [3.05, 3.63) is 59.7 Å². The fourth-order valence-corrected chi connectivity index (χ4v) is 3.78. The van der Waals surface area contributed by atoms with Crippen molar-refractivity contribution in [3.8, 4) is 5.75 Å². The minimum Gasteiger partial charge on any atom is -0.497 e. The first-order chi connectivity index (χ1) is 15.0. The van der Waals surface area contributed by atoms with E-state index >= 15 is 0 Å². The minimum absolute atomic E-state index is 0.0806. The number of anilines is 1. The van der Waals surface area contributed by atoms with Crippen molar-refractivity contribution in [2.24, 2.45) is 5.10 Å². The standard InChI is InChI=1S/C24H29N3O4/c1-4-26(5-2)19-10-6-18(7-11-19)22-16-21(17-8-12-20(31-3)13-9-17)25-27(22)23(28)14-15-24(29)30/h6-13,22H,4-5,14-16H2,1-3H3,(H,29,30). The Hall–Kier alpha value is -3.35. The van der Waals surface area contributed by atoms with Crippen molar-refractivity contribution < 1.29 is 19.4 Å². The molecule has 7 nitrogen and oxygen atoms in total. The second-order valence-electron chi connectivity index (χ2n) is 7.39. The van der Waals surface area contributed by atoms with E-state index in [1.807, 2.05) is 36.4 Å². The van der Waals surface area contributed by atoms with Crippen molar-refractivity contribution in [1.82, 2.24) is 5.01 Å². The van der Waals surface area contributed by atoms with Crippen LogP contribution in [0.2, 0.25) is 0 Å². The zero-order chi connectivity index (χ0) is 22.4. The Morgan fingerprint density at radius 2 is 1.71 bits per heavy atom. The van der Waals surface area contributed by atoms with Gasteiger partial charge in [-0.15, -0.1) is 0 Å². The van der Waals surface area contributed by atoms with E-state index in [0.29, 0.717) is 6.42 Å². The smallest absolute Gasteiger partial charge is 0.303 e. The van der Waals surface area contributed by atoms with Crippen LogP contribution in [0.5, 0.6) is 5.75 Å². The van der Waals surface area contributed by atoms with Crippen LogP contribution in [-0.4, -0.2) is 47.9 Å². The van der Waals surface area contributed by atoms with Gasteiger partial charge in [-0.05, 0) is 61.4 Å². The summed E-state index contributed by atoms with van der Waals surface area (Å²) in [5.41, 5.74) is 3.82. The molecule has 1 N–H and O–H groups in total. The minimum atomic E-state index is -0.993. The first-order valence-electron chi connectivity index (χ1n) is 10.6. The molecular formula is C24H29N3O4. The molecule has 3 rings (SSSR count). The number of carboxylic acids is 1. The van der Waals surface area contributed by atoms with Crippen molar-refractivity contribution in [1.29, 1.82) is 0 Å². The Morgan fingerprint density at radius 3 is 2.26 bits per heavy atom. The molecule has 0 fully saturated rings. The maximum absolute atomic E-state index is 12.8. The Labute approximate surface area is 182 Å². The number of aliphatic carboxylic acids is 1. The maximum Gasteiger partial charge on any atom is 0.303 e. The number of nitrogens with zero attached hydrogens (tertiary/aromatic N) is 3. The Kier molecular flexibility index (Phi) is 7.28. The summed E-state index contributed by atoms with van der Waals surface area (Å²) in [6.45, 7) is 6.08. The van der Waals surface area contributed by atoms with Gasteiger partial charge in [0.2, 0.25) is 5.91 Å². The number of benzene rings is 2. The van der Waals surface area contributed by atoms with Crippen molar-refractivity contribution >= 4 is 23.3 Å². The van der Waals surface area contributed by atoms with E-state index in [1.165, 1.54) is 5.01 Å². The third-order valence-electron chi connectivity index (χ3n) is 5.55. The average molecular weight is 424 g/mol. The monoisotopic (exact) mass is 423 g/mol. The number of carboxylic acid groups (broad SMARTS) is 1. The van der Waals surface area contributed by atoms with E-state index in [0.717, 1.165) is 41.4 Å². The lowest BCUT2D eigenvalue weighted by molar-refractivity contribution is -0.141. The first kappa shape index (κ1) is 22.3. The molecule has 0 spiro atoms. The molecule has 7 heteroatoms. The summed E-state index contributed by atoms with van der Waals surface area (Å²) in [5.74, 6) is -0.531. The summed E-state index contributed by atoms with van der Waals surface area (Å²) in [6.07, 6.45) is 0.273. The van der Waals surface area contributed by atoms with Gasteiger partial charge in [0.05, 0.1) is 25.3 Å². The van der Waals surface area contributed by atoms with Gasteiger partial charge in [0.15, 0.2) is 0 Å². The molecule has 0 saturated heterocycles. The van der Waals surface area contributed by atoms with Crippen LogP contribution < -0.4 is 9.64 Å². The second-order valence-corrected chi connectivity index (χ2v) is 7.39. The number of carbonyl (C=O) groups is 2. The van der Waals surface area contributed by atoms with Crippen molar-refractivity contribution in [2.75, 3.05) is 25.1 Å². The molecule has 0 aliphatic carbocycles. The molecule has 0 aromatic heterocycles. The van der Waals surface area contributed by atoms with Crippen LogP contribution in [0.15, 0.2) is 53.6 Å². The van der Waals surface area contributed by atoms with Gasteiger partial charge >= 0.3 is 5.97 Å². The van der Waals surface area contributed by atoms with Crippen LogP contribution in [0.1, 0.15) is 50.3 Å². The highest BCUT2D eigenvalue weighted by Gasteiger charge is 2.33. The summed E-state index contributed by atoms with van der Waals surface area (Å²) >= 11 is 0. The van der Waals surface area contributed by atoms with E-state index in [9.17, 15) is 9.59 Å². The Balaban J connectivity index is 1.87. The largest absolute Gasteiger partial charge is 0.497 e. The highest BCUT2D eigenvalue weighted by Crippen LogP contribution is 2.34. The van der Waals surface area contributed by atoms with Gasteiger partial charge in [0, 0.05) is 31.6 Å². The van der Waals surface area contributed by atoms with Crippen LogP contribution in [-0.2, 0) is 9.59 Å². The molecule has 0 radical (unpaired) electrons. The fourth-order valence-electron chi connectivity index (χ4n) is 3.78. The zero-order valence-electron chi connectivity index (χ0n) is 18.2. The predicted molar refractivity (Wildman–Crippen MR) is 121 cm³/mol. The number of amides is 1. The zero-order valence-corrected chi connectivity index (χ0v) is 18.2. The van der Waals surface area contributed by atoms with Crippen LogP contribution in [0.3, 0.4) is 0 Å². The number of ether oxygens (including phenoxy) is 1. The van der Waals surface area contributed by atoms with Gasteiger partial charge in [-0.3, -0.25) is 9.59 Å². The molecule has 164 valence electrons. The predicted octanol–water partition coefficient (Wildman–Crippen LogP) is 4.08. The lowest BCUT2D eigenvalue weighted by atomic mass is 9.98. The number of carbonyl (C=O) groups excluding carboxylic acids is 1. The number of methoxy groups -OCH3 is 1. The molecule has 1 aliphatic heterocycles. The molecule has 31 heavy (non-hydrogen) atoms. The van der Waals surface area contributed by atoms with Crippen LogP contribution in [0.4, 0.5) is 5.69 Å². The molecule has 0 bridgehead atoms. The van der Waals surface area contributed by atoms with E-state index < -0.39 is 5.97 Å². The number of hydrogen-bond donors (Lipinski definition) is 1. The summed E-state index contributed by atoms with van der Waals surface area (Å²) in [7, 11) is 1.61. The quantitative estimate of drug-likeness (QED) is 0.657. The van der Waals surface area contributed by atoms with Gasteiger partial charge in [-0.1, -0.05) is 12.1 Å². The van der Waals surface area contributed by atoms with Crippen LogP contribution >= 0.6 is 0 Å². The summed E-state index contributed by atoms with van der Waals surface area (Å²) in [5, 5.41) is 15.0. The van der Waals surface area contributed by atoms with Gasteiger partial charge in [0.25, 0.3) is 0 Å². The normalized spacial score (nSPS) is 15.5. The molecule has 1 unspecified atom stereocenters. The average Bonchev–Trinajstić information content (AvgIpc) is 3.24. The van der Waals surface area contributed by atoms with Crippen molar-refractivity contribution in [3.63, 3.8) is 0 Å². The third kappa shape index (κ3) is 5.23. The lowest BCUT2D eigenvalue weighted by Gasteiger charge is -2.24. The Bertz CT molecular complexity index is 934. The third-order valence-corrected chi connectivity index (χ3v) is 5.55. The lowest BCUT2D eigenvalue weighted by Crippen LogP contribution is -2.27. The number of rotatable bonds is 9. The van der Waals surface area contributed by atoms with Gasteiger partial charge < -0.3 is 14.7 Å². The molecule has 2 aromatic rings. The van der Waals surface area contributed by atoms with Crippen LogP contribution in [0, 0.1) is 0 Å². The maximum atomic E-state index is 12.8. The van der Waals surface area contributed by atoms with Gasteiger partial charge in [-0.2, -0.15) is 5.10 Å². The Morgan fingerprint density at radius 1 is 1.06 bits per heavy atom. The highest BCUT2D eigenvalue weighted by molar-refractivity contribution is 6.03. The summed E-state index contributed by atoms with van der Waals surface area (Å²) < 4.78 is 5.22. The molecule has 1 aliphatic rings. The topological polar surface area (TPSA) is 82.4 Å². The second kappa shape index (κ2) is 10.1. The SMILES string of the molecule is CCN(CC)c1ccc(C2CC(c3ccc(OC)cc3)=NN2C(=O)CCC(=O)O)cc1. The summed E-state index contributed by atoms with van der Waals surface area (Å²) in [4.78, 5) is 26.0. The van der Waals surface area contributed by atoms with Crippen molar-refractivity contribution in [2.45, 2.75) is 39.2 Å².